The predicted molar refractivity (Wildman–Crippen MR) is 120 cm³/mol. The molecule has 0 saturated heterocycles. The van der Waals surface area contributed by atoms with Gasteiger partial charge in [-0.05, 0) is 73.4 Å². The third-order valence-electron chi connectivity index (χ3n) is 5.55. The molecule has 1 amide bonds. The first-order valence-corrected chi connectivity index (χ1v) is 12.0. The summed E-state index contributed by atoms with van der Waals surface area (Å²) in [5.41, 5.74) is 3.37. The second-order valence-electron chi connectivity index (χ2n) is 7.72. The van der Waals surface area contributed by atoms with Crippen molar-refractivity contribution in [1.29, 1.82) is 0 Å². The molecule has 168 valence electrons. The van der Waals surface area contributed by atoms with E-state index in [1.807, 2.05) is 32.0 Å². The second kappa shape index (κ2) is 9.18. The van der Waals surface area contributed by atoms with Gasteiger partial charge < -0.3 is 14.1 Å². The van der Waals surface area contributed by atoms with Crippen LogP contribution >= 0.6 is 0 Å². The van der Waals surface area contributed by atoms with Gasteiger partial charge in [0, 0.05) is 18.7 Å². The van der Waals surface area contributed by atoms with Crippen LogP contribution < -0.4 is 9.46 Å². The number of benzene rings is 2. The lowest BCUT2D eigenvalue weighted by atomic mass is 9.98. The van der Waals surface area contributed by atoms with E-state index in [2.05, 4.69) is 4.72 Å². The lowest BCUT2D eigenvalue weighted by Gasteiger charge is -2.30. The predicted octanol–water partition coefficient (Wildman–Crippen LogP) is 3.66. The van der Waals surface area contributed by atoms with Crippen LogP contribution in [0.3, 0.4) is 0 Å². The van der Waals surface area contributed by atoms with Gasteiger partial charge in [0.15, 0.2) is 0 Å². The van der Waals surface area contributed by atoms with E-state index in [-0.39, 0.29) is 17.3 Å². The van der Waals surface area contributed by atoms with E-state index in [0.717, 1.165) is 23.3 Å². The van der Waals surface area contributed by atoms with Crippen molar-refractivity contribution in [3.05, 3.63) is 82.8 Å². The number of nitrogens with zero attached hydrogens (tertiary/aromatic N) is 1. The normalized spacial score (nSPS) is 13.6. The molecule has 8 heteroatoms. The van der Waals surface area contributed by atoms with Crippen molar-refractivity contribution < 1.29 is 22.4 Å². The minimum atomic E-state index is -3.80. The van der Waals surface area contributed by atoms with Crippen LogP contribution in [0, 0.1) is 6.92 Å². The van der Waals surface area contributed by atoms with E-state index in [9.17, 15) is 13.2 Å². The topological polar surface area (TPSA) is 88.8 Å². The summed E-state index contributed by atoms with van der Waals surface area (Å²) in [6.45, 7) is 5.40. The average Bonchev–Trinajstić information content (AvgIpc) is 3.31. The molecule has 1 aliphatic heterocycles. The third-order valence-corrected chi connectivity index (χ3v) is 6.95. The molecule has 1 N–H and O–H groups in total. The number of rotatable bonds is 7. The van der Waals surface area contributed by atoms with Gasteiger partial charge in [-0.3, -0.25) is 4.79 Å². The first-order chi connectivity index (χ1) is 15.4. The van der Waals surface area contributed by atoms with Gasteiger partial charge in [-0.15, -0.1) is 0 Å². The molecule has 0 spiro atoms. The minimum Gasteiger partial charge on any atom is -0.494 e. The number of aryl methyl sites for hydroxylation is 1. The maximum Gasteiger partial charge on any atom is 0.254 e. The molecule has 1 aromatic heterocycles. The summed E-state index contributed by atoms with van der Waals surface area (Å²) in [4.78, 5) is 15.1. The molecule has 0 aliphatic carbocycles. The van der Waals surface area contributed by atoms with Gasteiger partial charge in [0.05, 0.1) is 24.3 Å². The Balaban J connectivity index is 1.54. The van der Waals surface area contributed by atoms with Gasteiger partial charge in [-0.25, -0.2) is 13.1 Å². The monoisotopic (exact) mass is 454 g/mol. The molecule has 32 heavy (non-hydrogen) atoms. The second-order valence-corrected chi connectivity index (χ2v) is 9.49. The van der Waals surface area contributed by atoms with Crippen LogP contribution in [0.15, 0.2) is 64.1 Å². The van der Waals surface area contributed by atoms with Crippen molar-refractivity contribution in [2.45, 2.75) is 38.3 Å². The highest BCUT2D eigenvalue weighted by atomic mass is 32.2. The van der Waals surface area contributed by atoms with E-state index >= 15 is 0 Å². The Hall–Kier alpha value is -3.10. The minimum absolute atomic E-state index is 0.0392. The summed E-state index contributed by atoms with van der Waals surface area (Å²) in [6, 6.07) is 14.0. The SMILES string of the molecule is CCOc1ccc2c(c1)CN(C(=O)c1cc(S(=O)(=O)NCc3ccco3)ccc1C)CC2. The fraction of sp³-hybridized carbons (Fsp3) is 0.292. The Labute approximate surface area is 188 Å². The number of sulfonamides is 1. The zero-order valence-electron chi connectivity index (χ0n) is 18.1. The van der Waals surface area contributed by atoms with Crippen LogP contribution in [0.25, 0.3) is 0 Å². The largest absolute Gasteiger partial charge is 0.494 e. The Kier molecular flexibility index (Phi) is 6.34. The van der Waals surface area contributed by atoms with E-state index in [0.29, 0.717) is 31.0 Å². The van der Waals surface area contributed by atoms with Crippen molar-refractivity contribution in [3.8, 4) is 5.75 Å². The first kappa shape index (κ1) is 22.1. The lowest BCUT2D eigenvalue weighted by molar-refractivity contribution is 0.0733. The smallest absolute Gasteiger partial charge is 0.254 e. The molecule has 1 aliphatic rings. The van der Waals surface area contributed by atoms with Gasteiger partial charge in [-0.2, -0.15) is 0 Å². The fourth-order valence-corrected chi connectivity index (χ4v) is 4.81. The number of ether oxygens (including phenoxy) is 1. The summed E-state index contributed by atoms with van der Waals surface area (Å²) in [7, 11) is -3.80. The molecule has 0 radical (unpaired) electrons. The van der Waals surface area contributed by atoms with E-state index in [4.69, 9.17) is 9.15 Å². The summed E-state index contributed by atoms with van der Waals surface area (Å²) < 4.78 is 38.8. The molecule has 3 aromatic rings. The fourth-order valence-electron chi connectivity index (χ4n) is 3.79. The number of carbonyl (C=O) groups excluding carboxylic acids is 1. The van der Waals surface area contributed by atoms with Crippen molar-refractivity contribution >= 4 is 15.9 Å². The van der Waals surface area contributed by atoms with Crippen LogP contribution in [0.2, 0.25) is 0 Å². The molecule has 0 fully saturated rings. The molecule has 0 bridgehead atoms. The van der Waals surface area contributed by atoms with Gasteiger partial charge in [0.25, 0.3) is 5.91 Å². The zero-order chi connectivity index (χ0) is 22.7. The molecule has 0 saturated carbocycles. The van der Waals surface area contributed by atoms with Crippen molar-refractivity contribution in [2.75, 3.05) is 13.2 Å². The Morgan fingerprint density at radius 1 is 1.16 bits per heavy atom. The number of fused-ring (bicyclic) bond motifs is 1. The molecule has 7 nitrogen and oxygen atoms in total. The number of nitrogens with one attached hydrogen (secondary N) is 1. The van der Waals surface area contributed by atoms with E-state index < -0.39 is 10.0 Å². The zero-order valence-corrected chi connectivity index (χ0v) is 18.9. The van der Waals surface area contributed by atoms with Crippen LogP contribution in [0.5, 0.6) is 5.75 Å². The van der Waals surface area contributed by atoms with E-state index in [1.165, 1.54) is 24.0 Å². The van der Waals surface area contributed by atoms with Crippen LogP contribution in [0.4, 0.5) is 0 Å². The van der Waals surface area contributed by atoms with Crippen LogP contribution in [-0.2, 0) is 29.5 Å². The third kappa shape index (κ3) is 4.71. The number of amides is 1. The van der Waals surface area contributed by atoms with Crippen molar-refractivity contribution in [3.63, 3.8) is 0 Å². The van der Waals surface area contributed by atoms with E-state index in [1.54, 1.807) is 23.1 Å². The molecule has 2 heterocycles. The first-order valence-electron chi connectivity index (χ1n) is 10.5. The Morgan fingerprint density at radius 2 is 2.00 bits per heavy atom. The van der Waals surface area contributed by atoms with Gasteiger partial charge >= 0.3 is 0 Å². The summed E-state index contributed by atoms with van der Waals surface area (Å²) >= 11 is 0. The molecule has 0 atom stereocenters. The Morgan fingerprint density at radius 3 is 2.75 bits per heavy atom. The summed E-state index contributed by atoms with van der Waals surface area (Å²) in [5.74, 6) is 1.11. The van der Waals surface area contributed by atoms with Crippen LogP contribution in [0.1, 0.15) is 39.7 Å². The van der Waals surface area contributed by atoms with Gasteiger partial charge in [0.1, 0.15) is 11.5 Å². The lowest BCUT2D eigenvalue weighted by Crippen LogP contribution is -2.36. The highest BCUT2D eigenvalue weighted by molar-refractivity contribution is 7.89. The van der Waals surface area contributed by atoms with Crippen LogP contribution in [-0.4, -0.2) is 32.4 Å². The summed E-state index contributed by atoms with van der Waals surface area (Å²) in [6.07, 6.45) is 2.23. The number of hydrogen-bond donors (Lipinski definition) is 1. The molecular weight excluding hydrogens is 428 g/mol. The molecule has 0 unspecified atom stereocenters. The van der Waals surface area contributed by atoms with Gasteiger partial charge in [-0.1, -0.05) is 12.1 Å². The standard InChI is InChI=1S/C24H26N2O5S/c1-3-30-20-8-7-18-10-11-26(16-19(18)13-20)24(27)23-14-22(9-6-17(23)2)32(28,29)25-15-21-5-4-12-31-21/h4-9,12-14,25H,3,10-11,15-16H2,1-2H3. The number of hydrogen-bond acceptors (Lipinski definition) is 5. The van der Waals surface area contributed by atoms with Crippen molar-refractivity contribution in [2.24, 2.45) is 0 Å². The molecule has 2 aromatic carbocycles. The average molecular weight is 455 g/mol. The number of furan rings is 1. The summed E-state index contributed by atoms with van der Waals surface area (Å²) in [5, 5.41) is 0. The molecular formula is C24H26N2O5S. The van der Waals surface area contributed by atoms with Crippen molar-refractivity contribution in [1.82, 2.24) is 9.62 Å². The highest BCUT2D eigenvalue weighted by Gasteiger charge is 2.25. The highest BCUT2D eigenvalue weighted by Crippen LogP contribution is 2.26. The maximum atomic E-state index is 13.3. The quantitative estimate of drug-likeness (QED) is 0.589. The molecule has 4 rings (SSSR count). The Bertz CT molecular complexity index is 1220. The maximum absolute atomic E-state index is 13.3. The number of carbonyl (C=O) groups is 1. The van der Waals surface area contributed by atoms with Gasteiger partial charge in [0.2, 0.25) is 10.0 Å².